The Morgan fingerprint density at radius 3 is 0.769 bits per heavy atom. The molecule has 0 spiro atoms. The molecule has 1 radical (unpaired) electrons. The maximum atomic E-state index is 12.2. The number of aryl methyl sites for hydroxylation is 4. The van der Waals surface area contributed by atoms with Crippen LogP contribution in [-0.2, 0) is 69.4 Å². The quantitative estimate of drug-likeness (QED) is 0.0705. The Labute approximate surface area is 459 Å². The van der Waals surface area contributed by atoms with Gasteiger partial charge in [-0.15, -0.1) is 0 Å². The van der Waals surface area contributed by atoms with Gasteiger partial charge in [-0.3, -0.25) is 9.80 Å². The van der Waals surface area contributed by atoms with Crippen LogP contribution in [0.25, 0.3) is 44.1 Å². The molecule has 0 bridgehead atoms. The van der Waals surface area contributed by atoms with Crippen molar-refractivity contribution in [3.63, 3.8) is 0 Å². The summed E-state index contributed by atoms with van der Waals surface area (Å²) in [5, 5.41) is 41.5. The largest absolute Gasteiger partial charge is 3.00 e. The molecular weight excluding hydrogens is 1070 g/mol. The Morgan fingerprint density at radius 1 is 0.436 bits per heavy atom. The molecule has 2 N–H and O–H groups in total. The number of hydrogen-bond acceptors (Lipinski definition) is 12. The Hall–Kier alpha value is -7.35. The Bertz CT molecular complexity index is 2780. The van der Waals surface area contributed by atoms with Crippen LogP contribution in [0.2, 0.25) is 0 Å². The SMILES string of the molecule is CC#N.CC#N.CC#N.CC#N.CCn1c(CN(Cc2nc3ccccc3n2CC)CC(O)CN(Cc2nc3ccccc3n2CC)Cc2nc3ccccc3n2CC)nc2ccccc21.F[B-](F)(F)F.F[B-](F)(F)F.[Fe+3].[OH-]. The van der Waals surface area contributed by atoms with Gasteiger partial charge in [0.2, 0.25) is 0 Å². The van der Waals surface area contributed by atoms with Crippen LogP contribution in [0.5, 0.6) is 0 Å². The summed E-state index contributed by atoms with van der Waals surface area (Å²) in [6.07, 6.45) is -0.678. The summed E-state index contributed by atoms with van der Waals surface area (Å²) in [5.41, 5.74) is 8.44. The normalized spacial score (nSPS) is 10.5. The molecule has 0 saturated carbocycles. The van der Waals surface area contributed by atoms with Crippen molar-refractivity contribution in [2.24, 2.45) is 0 Å². The zero-order chi connectivity index (χ0) is 57.0. The molecule has 8 rings (SSSR count). The number of benzene rings is 4. The van der Waals surface area contributed by atoms with Gasteiger partial charge >= 0.3 is 31.6 Å². The number of fused-ring (bicyclic) bond motifs is 4. The molecule has 4 aromatic carbocycles. The molecule has 4 aromatic heterocycles. The molecule has 8 aromatic rings. The molecule has 4 heterocycles. The summed E-state index contributed by atoms with van der Waals surface area (Å²) in [6, 6.07) is 40.3. The molecule has 0 aliphatic rings. The van der Waals surface area contributed by atoms with Gasteiger partial charge in [0.15, 0.2) is 0 Å². The van der Waals surface area contributed by atoms with Crippen LogP contribution >= 0.6 is 0 Å². The zero-order valence-corrected chi connectivity index (χ0v) is 45.7. The van der Waals surface area contributed by atoms with Gasteiger partial charge in [-0.25, -0.2) is 19.9 Å². The maximum Gasteiger partial charge on any atom is 3.00 e. The molecule has 419 valence electrons. The smallest absolute Gasteiger partial charge is 0.870 e. The Morgan fingerprint density at radius 2 is 0.603 bits per heavy atom. The van der Waals surface area contributed by atoms with Crippen molar-refractivity contribution in [1.29, 1.82) is 21.0 Å². The number of nitrogens with zero attached hydrogens (tertiary/aromatic N) is 14. The molecule has 27 heteroatoms. The fourth-order valence-electron chi connectivity index (χ4n) is 8.22. The van der Waals surface area contributed by atoms with E-state index in [4.69, 9.17) is 41.0 Å². The maximum absolute atomic E-state index is 12.2. The first-order valence-electron chi connectivity index (χ1n) is 24.0. The molecule has 0 atom stereocenters. The van der Waals surface area contributed by atoms with Crippen LogP contribution in [0.1, 0.15) is 78.7 Å². The van der Waals surface area contributed by atoms with Crippen molar-refractivity contribution < 1.29 is 62.2 Å². The topological polar surface area (TPSA) is 223 Å². The van der Waals surface area contributed by atoms with Crippen LogP contribution < -0.4 is 0 Å². The fraction of sp³-hybridized carbons (Fsp3) is 0.373. The Balaban J connectivity index is 0.00000212. The number of hydrogen-bond donors (Lipinski definition) is 1. The van der Waals surface area contributed by atoms with Gasteiger partial charge in [-0.1, -0.05) is 48.5 Å². The standard InChI is InChI=1S/C43H50N10O.4C2H3N.2BF4.Fe.H2O/c1-5-50-36-21-13-9-17-32(36)44-40(50)27-48(28-41-45-33-18-10-14-22-37(33)51(41)6-2)25-31(54)26-49(29-42-46-34-19-11-15-23-38(34)52(42)7-3)30-43-47-35-20-12-16-24-39(35)53(43)8-4;4*1-2-3;2*2-1(3,4)5;;/h9-24,31,54H,5-8,25-30H2,1-4H3;4*1H3;;;;1H2/q;;;;;2*-1;+3;/p-1. The summed E-state index contributed by atoms with van der Waals surface area (Å²) in [7, 11) is -12.0. The van der Waals surface area contributed by atoms with E-state index in [0.717, 1.165) is 93.6 Å². The van der Waals surface area contributed by atoms with Gasteiger partial charge in [-0.05, 0) is 76.2 Å². The third-order valence-electron chi connectivity index (χ3n) is 10.6. The van der Waals surface area contributed by atoms with Crippen molar-refractivity contribution in [2.75, 3.05) is 13.1 Å². The van der Waals surface area contributed by atoms with Gasteiger partial charge in [0.05, 0.1) is 101 Å². The second-order valence-corrected chi connectivity index (χ2v) is 15.9. The van der Waals surface area contributed by atoms with Crippen LogP contribution in [0, 0.1) is 45.3 Å². The van der Waals surface area contributed by atoms with Gasteiger partial charge in [0.25, 0.3) is 0 Å². The van der Waals surface area contributed by atoms with Crippen molar-refractivity contribution in [1.82, 2.24) is 48.0 Å². The average molecular weight is 1130 g/mol. The van der Waals surface area contributed by atoms with E-state index in [9.17, 15) is 39.6 Å². The number of aromatic nitrogens is 8. The summed E-state index contributed by atoms with van der Waals surface area (Å²) in [5.74, 6) is 3.93. The number of nitriles is 4. The molecular formula is C51H63B2F8FeN14O2. The van der Waals surface area contributed by atoms with E-state index in [0.29, 0.717) is 39.3 Å². The molecule has 78 heavy (non-hydrogen) atoms. The Kier molecular flexibility index (Phi) is 32.5. The van der Waals surface area contributed by atoms with E-state index in [1.165, 1.54) is 27.7 Å². The van der Waals surface area contributed by atoms with Gasteiger partial charge in [-0.2, -0.15) is 21.0 Å². The summed E-state index contributed by atoms with van der Waals surface area (Å²) < 4.78 is 87.1. The van der Waals surface area contributed by atoms with Gasteiger partial charge in [0, 0.05) is 67.0 Å². The minimum atomic E-state index is -6.00. The van der Waals surface area contributed by atoms with Crippen molar-refractivity contribution >= 4 is 58.6 Å². The second kappa shape index (κ2) is 35.9. The third-order valence-corrected chi connectivity index (χ3v) is 10.6. The van der Waals surface area contributed by atoms with Gasteiger partial charge < -0.3 is 63.4 Å². The second-order valence-electron chi connectivity index (χ2n) is 15.9. The van der Waals surface area contributed by atoms with Crippen molar-refractivity contribution in [2.45, 2.75) is 114 Å². The number of aliphatic hydroxyl groups is 1. The van der Waals surface area contributed by atoms with Crippen LogP contribution in [0.15, 0.2) is 97.1 Å². The number of imidazole rings is 4. The number of halogens is 8. The van der Waals surface area contributed by atoms with E-state index in [1.54, 1.807) is 24.3 Å². The predicted molar refractivity (Wildman–Crippen MR) is 283 cm³/mol. The van der Waals surface area contributed by atoms with Gasteiger partial charge in [0.1, 0.15) is 23.3 Å². The first-order valence-corrected chi connectivity index (χ1v) is 24.0. The monoisotopic (exact) mass is 1130 g/mol. The van der Waals surface area contributed by atoms with Crippen LogP contribution in [0.4, 0.5) is 34.5 Å². The molecule has 0 saturated heterocycles. The summed E-state index contributed by atoms with van der Waals surface area (Å²) in [6.45, 7) is 20.8. The van der Waals surface area contributed by atoms with Crippen LogP contribution in [-0.4, -0.2) is 92.3 Å². The first-order chi connectivity index (χ1) is 36.1. The molecule has 0 unspecified atom stereocenters. The van der Waals surface area contributed by atoms with Crippen molar-refractivity contribution in [3.05, 3.63) is 120 Å². The predicted octanol–water partition coefficient (Wildman–Crippen LogP) is 11.8. The van der Waals surface area contributed by atoms with E-state index in [-0.39, 0.29) is 22.5 Å². The molecule has 0 fully saturated rings. The van der Waals surface area contributed by atoms with E-state index >= 15 is 0 Å². The number of rotatable bonds is 16. The average Bonchev–Trinajstić information content (AvgIpc) is 4.10. The molecule has 0 aliphatic carbocycles. The van der Waals surface area contributed by atoms with Crippen molar-refractivity contribution in [3.8, 4) is 24.3 Å². The number of aliphatic hydroxyl groups excluding tert-OH is 1. The van der Waals surface area contributed by atoms with E-state index in [2.05, 4.69) is 129 Å². The summed E-state index contributed by atoms with van der Waals surface area (Å²) >= 11 is 0. The molecule has 0 amide bonds. The van der Waals surface area contributed by atoms with E-state index in [1.807, 2.05) is 24.3 Å². The van der Waals surface area contributed by atoms with Crippen LogP contribution in [0.3, 0.4) is 0 Å². The molecule has 16 nitrogen and oxygen atoms in total. The number of para-hydroxylation sites is 8. The first kappa shape index (κ1) is 70.6. The zero-order valence-electron chi connectivity index (χ0n) is 44.6. The summed E-state index contributed by atoms with van der Waals surface area (Å²) in [4.78, 5) is 25.0. The minimum Gasteiger partial charge on any atom is -0.870 e. The third kappa shape index (κ3) is 23.1. The fourth-order valence-corrected chi connectivity index (χ4v) is 8.22. The van der Waals surface area contributed by atoms with E-state index < -0.39 is 20.6 Å². The molecule has 0 aliphatic heterocycles. The minimum absolute atomic E-state index is 0.